The monoisotopic (exact) mass is 447 g/mol. The van der Waals surface area contributed by atoms with E-state index < -0.39 is 0 Å². The standard InChI is InChI=1S/C25H29N5O3/c1-16-8-18(20-12-27-25(26)28-13-20)9-21(29-16)17-4-3-5-30(14-17)15-19-10-23-24(11-22(19)31-2)33-7-6-32-23/h8-13,17H,3-7,14-15H2,1-2H3,(H2,26,27,28). The Hall–Kier alpha value is -3.39. The summed E-state index contributed by atoms with van der Waals surface area (Å²) >= 11 is 0. The number of anilines is 1. The van der Waals surface area contributed by atoms with Gasteiger partial charge < -0.3 is 19.9 Å². The molecule has 8 heteroatoms. The van der Waals surface area contributed by atoms with Gasteiger partial charge >= 0.3 is 0 Å². The van der Waals surface area contributed by atoms with Gasteiger partial charge in [-0.1, -0.05) is 0 Å². The Kier molecular flexibility index (Phi) is 6.00. The normalized spacial score (nSPS) is 18.2. The molecule has 2 aliphatic heterocycles. The Morgan fingerprint density at radius 2 is 1.82 bits per heavy atom. The van der Waals surface area contributed by atoms with Crippen LogP contribution in [0.15, 0.2) is 36.7 Å². The third-order valence-electron chi connectivity index (χ3n) is 6.24. The average Bonchev–Trinajstić information content (AvgIpc) is 2.84. The van der Waals surface area contributed by atoms with Crippen molar-refractivity contribution in [2.45, 2.75) is 32.2 Å². The fourth-order valence-electron chi connectivity index (χ4n) is 4.66. The SMILES string of the molecule is COc1cc2c(cc1CN1CCCC(c3cc(-c4cnc(N)nc4)cc(C)n3)C1)OCCO2. The highest BCUT2D eigenvalue weighted by atomic mass is 16.6. The Morgan fingerprint density at radius 1 is 1.06 bits per heavy atom. The number of rotatable bonds is 5. The lowest BCUT2D eigenvalue weighted by atomic mass is 9.92. The van der Waals surface area contributed by atoms with Crippen LogP contribution in [-0.2, 0) is 6.54 Å². The minimum Gasteiger partial charge on any atom is -0.496 e. The van der Waals surface area contributed by atoms with Gasteiger partial charge in [0.2, 0.25) is 5.95 Å². The third-order valence-corrected chi connectivity index (χ3v) is 6.24. The van der Waals surface area contributed by atoms with Crippen LogP contribution in [0, 0.1) is 6.92 Å². The first-order valence-corrected chi connectivity index (χ1v) is 11.3. The second kappa shape index (κ2) is 9.23. The molecule has 172 valence electrons. The fraction of sp³-hybridized carbons (Fsp3) is 0.400. The number of piperidine rings is 1. The summed E-state index contributed by atoms with van der Waals surface area (Å²) < 4.78 is 17.2. The van der Waals surface area contributed by atoms with E-state index in [0.29, 0.717) is 19.1 Å². The first-order chi connectivity index (χ1) is 16.1. The van der Waals surface area contributed by atoms with Crippen molar-refractivity contribution in [2.24, 2.45) is 0 Å². The molecule has 0 aliphatic carbocycles. The van der Waals surface area contributed by atoms with Crippen molar-refractivity contribution in [2.75, 3.05) is 39.1 Å². The largest absolute Gasteiger partial charge is 0.496 e. The summed E-state index contributed by atoms with van der Waals surface area (Å²) in [5.74, 6) is 3.01. The number of benzene rings is 1. The van der Waals surface area contributed by atoms with Crippen LogP contribution in [0.2, 0.25) is 0 Å². The average molecular weight is 448 g/mol. The van der Waals surface area contributed by atoms with Crippen molar-refractivity contribution in [3.05, 3.63) is 53.6 Å². The molecule has 0 saturated carbocycles. The number of fused-ring (bicyclic) bond motifs is 1. The Morgan fingerprint density at radius 3 is 2.58 bits per heavy atom. The van der Waals surface area contributed by atoms with Crippen LogP contribution >= 0.6 is 0 Å². The van der Waals surface area contributed by atoms with Crippen LogP contribution in [-0.4, -0.2) is 53.3 Å². The molecule has 0 bridgehead atoms. The first kappa shape index (κ1) is 21.5. The lowest BCUT2D eigenvalue weighted by Crippen LogP contribution is -2.34. The quantitative estimate of drug-likeness (QED) is 0.634. The third kappa shape index (κ3) is 4.71. The molecule has 33 heavy (non-hydrogen) atoms. The predicted octanol–water partition coefficient (Wildman–Crippen LogP) is 3.59. The molecular weight excluding hydrogens is 418 g/mol. The molecule has 0 amide bonds. The van der Waals surface area contributed by atoms with E-state index in [0.717, 1.165) is 77.8 Å². The van der Waals surface area contributed by atoms with E-state index >= 15 is 0 Å². The van der Waals surface area contributed by atoms with Gasteiger partial charge in [0.1, 0.15) is 19.0 Å². The molecule has 2 N–H and O–H groups in total. The highest BCUT2D eigenvalue weighted by Crippen LogP contribution is 2.38. The summed E-state index contributed by atoms with van der Waals surface area (Å²) in [4.78, 5) is 15.6. The molecule has 0 radical (unpaired) electrons. The van der Waals surface area contributed by atoms with Crippen molar-refractivity contribution in [1.29, 1.82) is 0 Å². The number of nitrogens with two attached hydrogens (primary N) is 1. The topological polar surface area (TPSA) is 95.6 Å². The zero-order chi connectivity index (χ0) is 22.8. The van der Waals surface area contributed by atoms with Gasteiger partial charge in [-0.2, -0.15) is 0 Å². The van der Waals surface area contributed by atoms with Crippen LogP contribution in [0.4, 0.5) is 5.95 Å². The number of hydrogen-bond acceptors (Lipinski definition) is 8. The second-order valence-electron chi connectivity index (χ2n) is 8.63. The molecule has 1 atom stereocenters. The van der Waals surface area contributed by atoms with Crippen LogP contribution in [0.25, 0.3) is 11.1 Å². The summed E-state index contributed by atoms with van der Waals surface area (Å²) in [7, 11) is 1.70. The molecule has 5 rings (SSSR count). The lowest BCUT2D eigenvalue weighted by molar-refractivity contribution is 0.168. The van der Waals surface area contributed by atoms with E-state index in [4.69, 9.17) is 24.9 Å². The zero-order valence-electron chi connectivity index (χ0n) is 19.1. The molecule has 3 aromatic rings. The van der Waals surface area contributed by atoms with Gasteiger partial charge in [0.25, 0.3) is 0 Å². The lowest BCUT2D eigenvalue weighted by Gasteiger charge is -2.33. The number of aryl methyl sites for hydroxylation is 1. The van der Waals surface area contributed by atoms with E-state index in [2.05, 4.69) is 33.1 Å². The molecule has 0 spiro atoms. The molecule has 4 heterocycles. The van der Waals surface area contributed by atoms with Crippen molar-refractivity contribution < 1.29 is 14.2 Å². The Labute approximate surface area is 193 Å². The van der Waals surface area contributed by atoms with Gasteiger partial charge in [-0.05, 0) is 50.1 Å². The summed E-state index contributed by atoms with van der Waals surface area (Å²) in [5.41, 5.74) is 10.9. The number of ether oxygens (including phenoxy) is 3. The first-order valence-electron chi connectivity index (χ1n) is 11.3. The molecule has 2 aliphatic rings. The molecule has 1 saturated heterocycles. The maximum Gasteiger partial charge on any atom is 0.219 e. The van der Waals surface area contributed by atoms with E-state index in [9.17, 15) is 0 Å². The highest BCUT2D eigenvalue weighted by Gasteiger charge is 2.25. The van der Waals surface area contributed by atoms with Crippen molar-refractivity contribution >= 4 is 5.95 Å². The minimum atomic E-state index is 0.280. The van der Waals surface area contributed by atoms with E-state index in [1.54, 1.807) is 19.5 Å². The summed E-state index contributed by atoms with van der Waals surface area (Å²) in [6.07, 6.45) is 5.76. The van der Waals surface area contributed by atoms with Gasteiger partial charge in [0.15, 0.2) is 11.5 Å². The molecule has 2 aromatic heterocycles. The number of likely N-dealkylation sites (tertiary alicyclic amines) is 1. The number of nitrogens with zero attached hydrogens (tertiary/aromatic N) is 4. The van der Waals surface area contributed by atoms with E-state index in [-0.39, 0.29) is 5.95 Å². The highest BCUT2D eigenvalue weighted by molar-refractivity contribution is 5.63. The van der Waals surface area contributed by atoms with Crippen molar-refractivity contribution in [1.82, 2.24) is 19.9 Å². The van der Waals surface area contributed by atoms with Gasteiger partial charge in [0.05, 0.1) is 7.11 Å². The number of nitrogen functional groups attached to an aromatic ring is 1. The molecular formula is C25H29N5O3. The van der Waals surface area contributed by atoms with Crippen LogP contribution in [0.5, 0.6) is 17.2 Å². The molecule has 1 fully saturated rings. The van der Waals surface area contributed by atoms with Crippen LogP contribution in [0.3, 0.4) is 0 Å². The van der Waals surface area contributed by atoms with E-state index in [1.165, 1.54) is 0 Å². The van der Waals surface area contributed by atoms with Crippen molar-refractivity contribution in [3.8, 4) is 28.4 Å². The summed E-state index contributed by atoms with van der Waals surface area (Å²) in [5, 5.41) is 0. The Bertz CT molecular complexity index is 1140. The van der Waals surface area contributed by atoms with Gasteiger partial charge in [-0.25, -0.2) is 9.97 Å². The molecule has 1 unspecified atom stereocenters. The van der Waals surface area contributed by atoms with Gasteiger partial charge in [-0.3, -0.25) is 9.88 Å². The number of aromatic nitrogens is 3. The molecule has 8 nitrogen and oxygen atoms in total. The zero-order valence-corrected chi connectivity index (χ0v) is 19.1. The van der Waals surface area contributed by atoms with E-state index in [1.807, 2.05) is 13.0 Å². The smallest absolute Gasteiger partial charge is 0.219 e. The summed E-state index contributed by atoms with van der Waals surface area (Å²) in [6, 6.07) is 8.23. The predicted molar refractivity (Wildman–Crippen MR) is 126 cm³/mol. The second-order valence-corrected chi connectivity index (χ2v) is 8.63. The van der Waals surface area contributed by atoms with Crippen molar-refractivity contribution in [3.63, 3.8) is 0 Å². The number of pyridine rings is 1. The number of methoxy groups -OCH3 is 1. The summed E-state index contributed by atoms with van der Waals surface area (Å²) in [6.45, 7) is 5.94. The molecule has 1 aromatic carbocycles. The van der Waals surface area contributed by atoms with Gasteiger partial charge in [0, 0.05) is 60.0 Å². The maximum atomic E-state index is 5.79. The van der Waals surface area contributed by atoms with Gasteiger partial charge in [-0.15, -0.1) is 0 Å². The van der Waals surface area contributed by atoms with Crippen LogP contribution < -0.4 is 19.9 Å². The van der Waals surface area contributed by atoms with Crippen LogP contribution in [0.1, 0.15) is 35.7 Å². The maximum absolute atomic E-state index is 5.79. The Balaban J connectivity index is 1.36. The fourth-order valence-corrected chi connectivity index (χ4v) is 4.66. The minimum absolute atomic E-state index is 0.280. The number of hydrogen-bond donors (Lipinski definition) is 1.